The maximum Gasteiger partial charge on any atom is 0.0971 e. The molecule has 0 aromatic rings. The van der Waals surface area contributed by atoms with Crippen LogP contribution in [0, 0.1) is 0 Å². The first kappa shape index (κ1) is 6.01. The zero-order chi connectivity index (χ0) is 5.82. The molecule has 1 rings (SSSR count). The van der Waals surface area contributed by atoms with E-state index in [2.05, 4.69) is 10.6 Å². The maximum absolute atomic E-state index is 5.12. The number of likely N-dealkylation sites (N-methyl/N-ethyl adjacent to an activating group) is 1. The van der Waals surface area contributed by atoms with Crippen molar-refractivity contribution in [2.24, 2.45) is 0 Å². The molecule has 1 saturated heterocycles. The van der Waals surface area contributed by atoms with Gasteiger partial charge < -0.3 is 10.1 Å². The van der Waals surface area contributed by atoms with Gasteiger partial charge in [-0.2, -0.15) is 0 Å². The third-order valence-electron chi connectivity index (χ3n) is 1.19. The van der Waals surface area contributed by atoms with Gasteiger partial charge in [0, 0.05) is 6.54 Å². The highest BCUT2D eigenvalue weighted by Gasteiger charge is 2.09. The zero-order valence-corrected chi connectivity index (χ0v) is 5.05. The van der Waals surface area contributed by atoms with Gasteiger partial charge in [0.25, 0.3) is 0 Å². The van der Waals surface area contributed by atoms with Crippen LogP contribution in [-0.2, 0) is 4.74 Å². The van der Waals surface area contributed by atoms with E-state index in [-0.39, 0.29) is 6.17 Å². The fourth-order valence-corrected chi connectivity index (χ4v) is 0.695. The molecule has 1 fully saturated rings. The van der Waals surface area contributed by atoms with Gasteiger partial charge in [-0.25, -0.2) is 5.32 Å². The van der Waals surface area contributed by atoms with Crippen molar-refractivity contribution in [1.82, 2.24) is 10.6 Å². The van der Waals surface area contributed by atoms with Crippen molar-refractivity contribution in [2.75, 3.05) is 26.8 Å². The lowest BCUT2D eigenvalue weighted by atomic mass is 10.4. The van der Waals surface area contributed by atoms with Crippen molar-refractivity contribution in [2.45, 2.75) is 6.17 Å². The first-order valence-corrected chi connectivity index (χ1v) is 2.85. The molecule has 1 aliphatic heterocycles. The highest BCUT2D eigenvalue weighted by Crippen LogP contribution is 1.88. The summed E-state index contributed by atoms with van der Waals surface area (Å²) in [5.41, 5.74) is 0. The van der Waals surface area contributed by atoms with E-state index in [1.165, 1.54) is 0 Å². The van der Waals surface area contributed by atoms with Gasteiger partial charge in [-0.15, -0.1) is 0 Å². The molecule has 1 unspecified atom stereocenters. The van der Waals surface area contributed by atoms with E-state index in [9.17, 15) is 0 Å². The van der Waals surface area contributed by atoms with Crippen molar-refractivity contribution in [3.63, 3.8) is 0 Å². The summed E-state index contributed by atoms with van der Waals surface area (Å²) in [6.07, 6.45) is 0.240. The standard InChI is InChI=1S/C5H11N2O/c1-6-5-4-8-3-2-7-5/h5-6H,2-4H2,1H3. The summed E-state index contributed by atoms with van der Waals surface area (Å²) in [4.78, 5) is 0. The number of hydrogen-bond acceptors (Lipinski definition) is 2. The van der Waals surface area contributed by atoms with Crippen LogP contribution < -0.4 is 10.6 Å². The number of hydrogen-bond donors (Lipinski definition) is 1. The number of nitrogens with one attached hydrogen (secondary N) is 1. The second-order valence-corrected chi connectivity index (χ2v) is 1.79. The van der Waals surface area contributed by atoms with Gasteiger partial charge in [0.05, 0.1) is 19.4 Å². The Morgan fingerprint density at radius 1 is 1.75 bits per heavy atom. The average molecular weight is 115 g/mol. The minimum absolute atomic E-state index is 0.240. The highest BCUT2D eigenvalue weighted by atomic mass is 16.5. The first-order chi connectivity index (χ1) is 3.93. The molecular weight excluding hydrogens is 104 g/mol. The molecule has 1 radical (unpaired) electrons. The Labute approximate surface area is 49.4 Å². The van der Waals surface area contributed by atoms with Crippen LogP contribution in [0.2, 0.25) is 0 Å². The van der Waals surface area contributed by atoms with Crippen LogP contribution in [-0.4, -0.2) is 33.0 Å². The summed E-state index contributed by atoms with van der Waals surface area (Å²) in [7, 11) is 1.89. The van der Waals surface area contributed by atoms with Crippen LogP contribution in [0.15, 0.2) is 0 Å². The molecule has 1 atom stereocenters. The molecule has 0 saturated carbocycles. The summed E-state index contributed by atoms with van der Waals surface area (Å²) in [6.45, 7) is 2.36. The van der Waals surface area contributed by atoms with Crippen LogP contribution in [0.4, 0.5) is 0 Å². The predicted octanol–water partition coefficient (Wildman–Crippen LogP) is -0.833. The van der Waals surface area contributed by atoms with Crippen LogP contribution in [0.1, 0.15) is 0 Å². The summed E-state index contributed by atoms with van der Waals surface area (Å²) in [6, 6.07) is 0. The van der Waals surface area contributed by atoms with Gasteiger partial charge in [-0.1, -0.05) is 0 Å². The Morgan fingerprint density at radius 2 is 2.62 bits per heavy atom. The quantitative estimate of drug-likeness (QED) is 0.484. The summed E-state index contributed by atoms with van der Waals surface area (Å²) in [5.74, 6) is 0. The van der Waals surface area contributed by atoms with Crippen molar-refractivity contribution >= 4 is 0 Å². The van der Waals surface area contributed by atoms with Gasteiger partial charge in [-0.3, -0.25) is 0 Å². The van der Waals surface area contributed by atoms with E-state index in [0.29, 0.717) is 0 Å². The normalized spacial score (nSPS) is 30.4. The second-order valence-electron chi connectivity index (χ2n) is 1.79. The van der Waals surface area contributed by atoms with Crippen LogP contribution in [0.3, 0.4) is 0 Å². The van der Waals surface area contributed by atoms with E-state index >= 15 is 0 Å². The molecule has 3 nitrogen and oxygen atoms in total. The van der Waals surface area contributed by atoms with Gasteiger partial charge >= 0.3 is 0 Å². The Kier molecular flexibility index (Phi) is 2.27. The molecule has 47 valence electrons. The van der Waals surface area contributed by atoms with E-state index in [4.69, 9.17) is 4.74 Å². The number of ether oxygens (including phenoxy) is 1. The van der Waals surface area contributed by atoms with E-state index < -0.39 is 0 Å². The van der Waals surface area contributed by atoms with Gasteiger partial charge in [0.2, 0.25) is 0 Å². The van der Waals surface area contributed by atoms with Crippen LogP contribution >= 0.6 is 0 Å². The molecule has 3 heteroatoms. The third kappa shape index (κ3) is 1.43. The number of nitrogens with zero attached hydrogens (tertiary/aromatic N) is 1. The molecule has 1 aliphatic rings. The van der Waals surface area contributed by atoms with Crippen LogP contribution in [0.5, 0.6) is 0 Å². The predicted molar refractivity (Wildman–Crippen MR) is 30.7 cm³/mol. The lowest BCUT2D eigenvalue weighted by Crippen LogP contribution is -2.44. The zero-order valence-electron chi connectivity index (χ0n) is 5.05. The third-order valence-corrected chi connectivity index (χ3v) is 1.19. The smallest absolute Gasteiger partial charge is 0.0971 e. The minimum Gasteiger partial charge on any atom is -0.377 e. The SMILES string of the molecule is CNC1COCC[N]1. The topological polar surface area (TPSA) is 35.4 Å². The van der Waals surface area contributed by atoms with Crippen molar-refractivity contribution in [3.05, 3.63) is 0 Å². The van der Waals surface area contributed by atoms with Crippen molar-refractivity contribution in [3.8, 4) is 0 Å². The Morgan fingerprint density at radius 3 is 3.00 bits per heavy atom. The van der Waals surface area contributed by atoms with E-state index in [1.54, 1.807) is 0 Å². The number of rotatable bonds is 1. The first-order valence-electron chi connectivity index (χ1n) is 2.85. The fraction of sp³-hybridized carbons (Fsp3) is 1.00. The Hall–Kier alpha value is -0.120. The largest absolute Gasteiger partial charge is 0.377 e. The van der Waals surface area contributed by atoms with Crippen molar-refractivity contribution in [1.29, 1.82) is 0 Å². The summed E-state index contributed by atoms with van der Waals surface area (Å²) < 4.78 is 5.12. The lowest BCUT2D eigenvalue weighted by Gasteiger charge is -2.20. The molecule has 0 aromatic carbocycles. The fourth-order valence-electron chi connectivity index (χ4n) is 0.695. The molecular formula is C5H11N2O. The maximum atomic E-state index is 5.12. The molecule has 0 aromatic heterocycles. The molecule has 1 N–H and O–H groups in total. The average Bonchev–Trinajstić information content (AvgIpc) is 1.90. The van der Waals surface area contributed by atoms with Gasteiger partial charge in [0.15, 0.2) is 0 Å². The molecule has 1 heterocycles. The monoisotopic (exact) mass is 115 g/mol. The van der Waals surface area contributed by atoms with Crippen molar-refractivity contribution < 1.29 is 4.74 Å². The van der Waals surface area contributed by atoms with Gasteiger partial charge in [0.1, 0.15) is 0 Å². The van der Waals surface area contributed by atoms with E-state index in [0.717, 1.165) is 19.8 Å². The molecule has 0 aliphatic carbocycles. The Bertz CT molecular complexity index is 61.4. The van der Waals surface area contributed by atoms with Crippen LogP contribution in [0.25, 0.3) is 0 Å². The molecule has 0 spiro atoms. The molecule has 8 heavy (non-hydrogen) atoms. The summed E-state index contributed by atoms with van der Waals surface area (Å²) >= 11 is 0. The van der Waals surface area contributed by atoms with Gasteiger partial charge in [-0.05, 0) is 7.05 Å². The molecule has 0 amide bonds. The molecule has 0 bridgehead atoms. The van der Waals surface area contributed by atoms with E-state index in [1.807, 2.05) is 7.05 Å². The lowest BCUT2D eigenvalue weighted by molar-refractivity contribution is 0.0662. The minimum atomic E-state index is 0.240. The summed E-state index contributed by atoms with van der Waals surface area (Å²) in [5, 5.41) is 7.22. The second kappa shape index (κ2) is 3.02. The number of morpholine rings is 1. The highest BCUT2D eigenvalue weighted by molar-refractivity contribution is 4.63. The Balaban J connectivity index is 2.13.